The molecule has 7 nitrogen and oxygen atoms in total. The SMILES string of the molecule is Cc1c([C@H](C)NS(=O)(=O)c2cccc(C(=O)NC3CCC3)c2)cnn1C. The Morgan fingerprint density at radius 1 is 1.35 bits per heavy atom. The number of hydrogen-bond acceptors (Lipinski definition) is 4. The molecule has 1 aromatic carbocycles. The standard InChI is InChI=1S/C18H24N4O3S/c1-12(17-11-19-22(3)13(17)2)21-26(24,25)16-9-4-6-14(10-16)18(23)20-15-7-5-8-15/h4,6,9-12,15,21H,5,7-8H2,1-3H3,(H,20,23)/t12-/m0/s1. The molecule has 1 atom stereocenters. The number of carbonyl (C=O) groups excluding carboxylic acids is 1. The van der Waals surface area contributed by atoms with Crippen molar-refractivity contribution in [3.05, 3.63) is 47.3 Å². The molecule has 1 fully saturated rings. The summed E-state index contributed by atoms with van der Waals surface area (Å²) in [5.74, 6) is -0.233. The number of rotatable bonds is 6. The van der Waals surface area contributed by atoms with Crippen molar-refractivity contribution in [3.63, 3.8) is 0 Å². The van der Waals surface area contributed by atoms with Crippen LogP contribution in [0.25, 0.3) is 0 Å². The minimum absolute atomic E-state index is 0.0761. The molecule has 0 unspecified atom stereocenters. The second-order valence-corrected chi connectivity index (χ2v) is 8.50. The average Bonchev–Trinajstić information content (AvgIpc) is 2.90. The summed E-state index contributed by atoms with van der Waals surface area (Å²) in [6.45, 7) is 3.66. The summed E-state index contributed by atoms with van der Waals surface area (Å²) in [5.41, 5.74) is 2.06. The van der Waals surface area contributed by atoms with Crippen molar-refractivity contribution < 1.29 is 13.2 Å². The Morgan fingerprint density at radius 2 is 2.08 bits per heavy atom. The molecule has 1 heterocycles. The molecule has 0 bridgehead atoms. The van der Waals surface area contributed by atoms with Crippen LogP contribution in [0.3, 0.4) is 0 Å². The van der Waals surface area contributed by atoms with Crippen LogP contribution in [0.2, 0.25) is 0 Å². The fourth-order valence-corrected chi connectivity index (χ4v) is 4.20. The number of carbonyl (C=O) groups is 1. The van der Waals surface area contributed by atoms with E-state index in [1.807, 2.05) is 14.0 Å². The highest BCUT2D eigenvalue weighted by Crippen LogP contribution is 2.21. The number of nitrogens with zero attached hydrogens (tertiary/aromatic N) is 2. The van der Waals surface area contributed by atoms with Gasteiger partial charge in [0.25, 0.3) is 5.91 Å². The number of sulfonamides is 1. The van der Waals surface area contributed by atoms with Crippen LogP contribution >= 0.6 is 0 Å². The lowest BCUT2D eigenvalue weighted by Crippen LogP contribution is -2.39. The Kier molecular flexibility index (Phi) is 5.15. The van der Waals surface area contributed by atoms with E-state index < -0.39 is 16.1 Å². The lowest BCUT2D eigenvalue weighted by molar-refractivity contribution is 0.0916. The van der Waals surface area contributed by atoms with Crippen molar-refractivity contribution in [2.24, 2.45) is 7.05 Å². The molecule has 1 amide bonds. The molecule has 1 aromatic heterocycles. The van der Waals surface area contributed by atoms with E-state index >= 15 is 0 Å². The maximum Gasteiger partial charge on any atom is 0.251 e. The highest BCUT2D eigenvalue weighted by atomic mass is 32.2. The monoisotopic (exact) mass is 376 g/mol. The van der Waals surface area contributed by atoms with Gasteiger partial charge in [0.2, 0.25) is 10.0 Å². The molecule has 8 heteroatoms. The normalized spacial score (nSPS) is 16.1. The van der Waals surface area contributed by atoms with E-state index in [-0.39, 0.29) is 16.8 Å². The molecule has 0 radical (unpaired) electrons. The molecule has 1 aliphatic rings. The lowest BCUT2D eigenvalue weighted by atomic mass is 9.93. The number of benzene rings is 1. The number of hydrogen-bond donors (Lipinski definition) is 2. The second-order valence-electron chi connectivity index (χ2n) is 6.78. The Bertz CT molecular complexity index is 916. The fraction of sp³-hybridized carbons (Fsp3) is 0.444. The van der Waals surface area contributed by atoms with Gasteiger partial charge in [-0.05, 0) is 51.3 Å². The highest BCUT2D eigenvalue weighted by molar-refractivity contribution is 7.89. The maximum absolute atomic E-state index is 12.7. The van der Waals surface area contributed by atoms with Gasteiger partial charge in [-0.1, -0.05) is 6.07 Å². The Labute approximate surface area is 153 Å². The molecule has 140 valence electrons. The van der Waals surface area contributed by atoms with E-state index in [4.69, 9.17) is 0 Å². The lowest BCUT2D eigenvalue weighted by Gasteiger charge is -2.26. The maximum atomic E-state index is 12.7. The van der Waals surface area contributed by atoms with E-state index in [1.165, 1.54) is 12.1 Å². The molecular formula is C18H24N4O3S. The van der Waals surface area contributed by atoms with E-state index in [2.05, 4.69) is 15.1 Å². The summed E-state index contributed by atoms with van der Waals surface area (Å²) in [4.78, 5) is 12.4. The smallest absolute Gasteiger partial charge is 0.251 e. The topological polar surface area (TPSA) is 93.1 Å². The minimum atomic E-state index is -3.76. The molecule has 0 saturated heterocycles. The zero-order chi connectivity index (χ0) is 18.9. The third-order valence-electron chi connectivity index (χ3n) is 4.92. The predicted octanol–water partition coefficient (Wildman–Crippen LogP) is 2.05. The first-order valence-electron chi connectivity index (χ1n) is 8.69. The highest BCUT2D eigenvalue weighted by Gasteiger charge is 2.23. The van der Waals surface area contributed by atoms with Gasteiger partial charge in [-0.2, -0.15) is 5.10 Å². The van der Waals surface area contributed by atoms with Gasteiger partial charge in [0.05, 0.1) is 11.1 Å². The number of aryl methyl sites for hydroxylation is 1. The Morgan fingerprint density at radius 3 is 2.65 bits per heavy atom. The third kappa shape index (κ3) is 3.81. The zero-order valence-electron chi connectivity index (χ0n) is 15.2. The summed E-state index contributed by atoms with van der Waals surface area (Å²) < 4.78 is 29.8. The molecule has 0 spiro atoms. The van der Waals surface area contributed by atoms with Gasteiger partial charge in [0.15, 0.2) is 0 Å². The average molecular weight is 376 g/mol. The van der Waals surface area contributed by atoms with Gasteiger partial charge >= 0.3 is 0 Å². The first-order valence-corrected chi connectivity index (χ1v) is 10.2. The summed E-state index contributed by atoms with van der Waals surface area (Å²) in [7, 11) is -1.95. The predicted molar refractivity (Wildman–Crippen MR) is 98.2 cm³/mol. The first kappa shape index (κ1) is 18.6. The minimum Gasteiger partial charge on any atom is -0.349 e. The largest absolute Gasteiger partial charge is 0.349 e. The van der Waals surface area contributed by atoms with Crippen molar-refractivity contribution >= 4 is 15.9 Å². The summed E-state index contributed by atoms with van der Waals surface area (Å²) in [6, 6.07) is 5.90. The summed E-state index contributed by atoms with van der Waals surface area (Å²) in [5, 5.41) is 7.07. The van der Waals surface area contributed by atoms with Crippen LogP contribution in [0.15, 0.2) is 35.4 Å². The number of nitrogens with one attached hydrogen (secondary N) is 2. The van der Waals surface area contributed by atoms with Crippen molar-refractivity contribution in [3.8, 4) is 0 Å². The van der Waals surface area contributed by atoms with Crippen LogP contribution < -0.4 is 10.0 Å². The van der Waals surface area contributed by atoms with Gasteiger partial charge in [0, 0.05) is 36.0 Å². The molecule has 1 aliphatic carbocycles. The van der Waals surface area contributed by atoms with Crippen LogP contribution in [0.5, 0.6) is 0 Å². The Hall–Kier alpha value is -2.19. The van der Waals surface area contributed by atoms with E-state index in [0.717, 1.165) is 30.5 Å². The van der Waals surface area contributed by atoms with E-state index in [1.54, 1.807) is 29.9 Å². The quantitative estimate of drug-likeness (QED) is 0.807. The van der Waals surface area contributed by atoms with Gasteiger partial charge in [-0.15, -0.1) is 0 Å². The second kappa shape index (κ2) is 7.20. The number of aromatic nitrogens is 2. The molecule has 1 saturated carbocycles. The van der Waals surface area contributed by atoms with Gasteiger partial charge in [-0.3, -0.25) is 9.48 Å². The fourth-order valence-electron chi connectivity index (χ4n) is 2.93. The van der Waals surface area contributed by atoms with Crippen molar-refractivity contribution in [2.45, 2.75) is 50.1 Å². The van der Waals surface area contributed by atoms with Gasteiger partial charge < -0.3 is 5.32 Å². The third-order valence-corrected chi connectivity index (χ3v) is 6.46. The molecule has 2 aromatic rings. The van der Waals surface area contributed by atoms with Crippen LogP contribution in [-0.2, 0) is 17.1 Å². The van der Waals surface area contributed by atoms with E-state index in [0.29, 0.717) is 5.56 Å². The Balaban J connectivity index is 1.77. The van der Waals surface area contributed by atoms with Crippen LogP contribution in [0.4, 0.5) is 0 Å². The van der Waals surface area contributed by atoms with Crippen LogP contribution in [0.1, 0.15) is 53.8 Å². The van der Waals surface area contributed by atoms with Gasteiger partial charge in [-0.25, -0.2) is 13.1 Å². The molecule has 3 rings (SSSR count). The van der Waals surface area contributed by atoms with Crippen molar-refractivity contribution in [2.75, 3.05) is 0 Å². The zero-order valence-corrected chi connectivity index (χ0v) is 16.0. The summed E-state index contributed by atoms with van der Waals surface area (Å²) >= 11 is 0. The molecular weight excluding hydrogens is 352 g/mol. The summed E-state index contributed by atoms with van der Waals surface area (Å²) in [6.07, 6.45) is 4.74. The van der Waals surface area contributed by atoms with Crippen molar-refractivity contribution in [1.29, 1.82) is 0 Å². The number of amides is 1. The van der Waals surface area contributed by atoms with Crippen LogP contribution in [0, 0.1) is 6.92 Å². The van der Waals surface area contributed by atoms with Crippen LogP contribution in [-0.4, -0.2) is 30.1 Å². The molecule has 0 aliphatic heterocycles. The van der Waals surface area contributed by atoms with Crippen molar-refractivity contribution in [1.82, 2.24) is 19.8 Å². The first-order chi connectivity index (χ1) is 12.3. The van der Waals surface area contributed by atoms with E-state index in [9.17, 15) is 13.2 Å². The molecule has 26 heavy (non-hydrogen) atoms. The van der Waals surface area contributed by atoms with Gasteiger partial charge in [0.1, 0.15) is 0 Å². The molecule has 2 N–H and O–H groups in total.